The Morgan fingerprint density at radius 1 is 1.22 bits per heavy atom. The van der Waals surface area contributed by atoms with Crippen molar-refractivity contribution in [2.45, 2.75) is 12.5 Å². The zero-order valence-corrected chi connectivity index (χ0v) is 12.9. The molecule has 3 aromatic rings. The lowest BCUT2D eigenvalue weighted by atomic mass is 10.0. The van der Waals surface area contributed by atoms with Gasteiger partial charge >= 0.3 is 0 Å². The molecule has 0 fully saturated rings. The van der Waals surface area contributed by atoms with Crippen LogP contribution in [0.1, 0.15) is 5.56 Å². The average molecular weight is 309 g/mol. The Labute approximate surface area is 134 Å². The molecule has 3 rings (SSSR count). The number of carbonyl (C=O) groups is 1. The number of methoxy groups -OCH3 is 1. The SMILES string of the molecule is COc1ccc(NC(=O)[C@H](N)Cc2c[nH]c3ccccc23)cc1. The normalized spacial score (nSPS) is 12.1. The number of aromatic nitrogens is 1. The Balaban J connectivity index is 1.67. The van der Waals surface area contributed by atoms with Gasteiger partial charge in [0.15, 0.2) is 0 Å². The molecule has 1 heterocycles. The van der Waals surface area contributed by atoms with Crippen molar-refractivity contribution in [3.05, 3.63) is 60.3 Å². The van der Waals surface area contributed by atoms with Gasteiger partial charge in [0.25, 0.3) is 0 Å². The second-order valence-corrected chi connectivity index (χ2v) is 5.39. The zero-order valence-electron chi connectivity index (χ0n) is 12.9. The van der Waals surface area contributed by atoms with Crippen molar-refractivity contribution in [3.63, 3.8) is 0 Å². The fraction of sp³-hybridized carbons (Fsp3) is 0.167. The van der Waals surface area contributed by atoms with Gasteiger partial charge in [-0.1, -0.05) is 18.2 Å². The number of hydrogen-bond acceptors (Lipinski definition) is 3. The van der Waals surface area contributed by atoms with E-state index in [4.69, 9.17) is 10.5 Å². The second kappa shape index (κ2) is 6.54. The average Bonchev–Trinajstić information content (AvgIpc) is 2.98. The van der Waals surface area contributed by atoms with Gasteiger partial charge in [0.05, 0.1) is 13.2 Å². The maximum absolute atomic E-state index is 12.3. The monoisotopic (exact) mass is 309 g/mol. The summed E-state index contributed by atoms with van der Waals surface area (Å²) < 4.78 is 5.09. The summed E-state index contributed by atoms with van der Waals surface area (Å²) >= 11 is 0. The smallest absolute Gasteiger partial charge is 0.241 e. The third-order valence-electron chi connectivity index (χ3n) is 3.81. The summed E-state index contributed by atoms with van der Waals surface area (Å²) in [5.41, 5.74) is 8.84. The van der Waals surface area contributed by atoms with Crippen LogP contribution in [0.5, 0.6) is 5.75 Å². The number of carbonyl (C=O) groups excluding carboxylic acids is 1. The molecule has 0 aliphatic rings. The molecule has 0 unspecified atom stereocenters. The highest BCUT2D eigenvalue weighted by Gasteiger charge is 2.16. The number of amides is 1. The van der Waals surface area contributed by atoms with Gasteiger partial charge in [-0.2, -0.15) is 0 Å². The van der Waals surface area contributed by atoms with Crippen LogP contribution in [0.15, 0.2) is 54.7 Å². The molecule has 0 saturated heterocycles. The van der Waals surface area contributed by atoms with Gasteiger partial charge in [-0.05, 0) is 42.3 Å². The third kappa shape index (κ3) is 3.35. The number of benzene rings is 2. The number of nitrogens with one attached hydrogen (secondary N) is 2. The molecule has 1 amide bonds. The first-order valence-corrected chi connectivity index (χ1v) is 7.43. The standard InChI is InChI=1S/C18H19N3O2/c1-23-14-8-6-13(7-9-14)21-18(22)16(19)10-12-11-20-17-5-3-2-4-15(12)17/h2-9,11,16,20H,10,19H2,1H3,(H,21,22)/t16-/m1/s1. The summed E-state index contributed by atoms with van der Waals surface area (Å²) in [5.74, 6) is 0.534. The largest absolute Gasteiger partial charge is 0.497 e. The molecular formula is C18H19N3O2. The minimum atomic E-state index is -0.615. The Hall–Kier alpha value is -2.79. The number of hydrogen-bond donors (Lipinski definition) is 3. The van der Waals surface area contributed by atoms with E-state index in [0.29, 0.717) is 12.1 Å². The molecule has 118 valence electrons. The topological polar surface area (TPSA) is 80.1 Å². The lowest BCUT2D eigenvalue weighted by Gasteiger charge is -2.12. The molecule has 0 bridgehead atoms. The first-order valence-electron chi connectivity index (χ1n) is 7.43. The fourth-order valence-corrected chi connectivity index (χ4v) is 2.54. The van der Waals surface area contributed by atoms with Crippen molar-refractivity contribution in [1.29, 1.82) is 0 Å². The van der Waals surface area contributed by atoms with E-state index in [1.165, 1.54) is 0 Å². The first-order chi connectivity index (χ1) is 11.2. The maximum atomic E-state index is 12.3. The van der Waals surface area contributed by atoms with Crippen LogP contribution in [0.2, 0.25) is 0 Å². The molecule has 0 aliphatic carbocycles. The van der Waals surface area contributed by atoms with Crippen molar-refractivity contribution in [1.82, 2.24) is 4.98 Å². The van der Waals surface area contributed by atoms with Crippen molar-refractivity contribution in [3.8, 4) is 5.75 Å². The van der Waals surface area contributed by atoms with E-state index >= 15 is 0 Å². The van der Waals surface area contributed by atoms with E-state index in [1.807, 2.05) is 30.5 Å². The van der Waals surface area contributed by atoms with Crippen LogP contribution in [0.25, 0.3) is 10.9 Å². The van der Waals surface area contributed by atoms with Gasteiger partial charge in [0, 0.05) is 22.8 Å². The number of ether oxygens (including phenoxy) is 1. The summed E-state index contributed by atoms with van der Waals surface area (Å²) in [6, 6.07) is 14.5. The third-order valence-corrected chi connectivity index (χ3v) is 3.81. The number of nitrogens with two attached hydrogens (primary N) is 1. The van der Waals surface area contributed by atoms with Crippen molar-refractivity contribution in [2.24, 2.45) is 5.73 Å². The van der Waals surface area contributed by atoms with E-state index < -0.39 is 6.04 Å². The minimum absolute atomic E-state index is 0.208. The second-order valence-electron chi connectivity index (χ2n) is 5.39. The lowest BCUT2D eigenvalue weighted by Crippen LogP contribution is -2.37. The highest BCUT2D eigenvalue weighted by atomic mass is 16.5. The Kier molecular flexibility index (Phi) is 4.30. The van der Waals surface area contributed by atoms with Crippen molar-refractivity contribution < 1.29 is 9.53 Å². The molecule has 5 nitrogen and oxygen atoms in total. The number of para-hydroxylation sites is 1. The lowest BCUT2D eigenvalue weighted by molar-refractivity contribution is -0.117. The van der Waals surface area contributed by atoms with Crippen LogP contribution in [0.4, 0.5) is 5.69 Å². The highest BCUT2D eigenvalue weighted by Crippen LogP contribution is 2.19. The molecule has 2 aromatic carbocycles. The molecule has 1 atom stereocenters. The molecule has 0 radical (unpaired) electrons. The summed E-state index contributed by atoms with van der Waals surface area (Å²) in [7, 11) is 1.60. The molecule has 4 N–H and O–H groups in total. The van der Waals surface area contributed by atoms with Crippen LogP contribution < -0.4 is 15.8 Å². The van der Waals surface area contributed by atoms with E-state index in [-0.39, 0.29) is 5.91 Å². The van der Waals surface area contributed by atoms with Gasteiger partial charge in [-0.15, -0.1) is 0 Å². The van der Waals surface area contributed by atoms with E-state index in [2.05, 4.69) is 10.3 Å². The van der Waals surface area contributed by atoms with E-state index in [1.54, 1.807) is 31.4 Å². The summed E-state index contributed by atoms with van der Waals surface area (Å²) in [4.78, 5) is 15.4. The predicted molar refractivity (Wildman–Crippen MR) is 91.6 cm³/mol. The molecule has 0 aliphatic heterocycles. The molecule has 1 aromatic heterocycles. The number of fused-ring (bicyclic) bond motifs is 1. The molecule has 0 spiro atoms. The molecule has 23 heavy (non-hydrogen) atoms. The summed E-state index contributed by atoms with van der Waals surface area (Å²) in [6.45, 7) is 0. The highest BCUT2D eigenvalue weighted by molar-refractivity contribution is 5.95. The van der Waals surface area contributed by atoms with Gasteiger partial charge in [0.1, 0.15) is 5.75 Å². The van der Waals surface area contributed by atoms with Crippen LogP contribution in [0, 0.1) is 0 Å². The molecule has 0 saturated carbocycles. The minimum Gasteiger partial charge on any atom is -0.497 e. The Morgan fingerprint density at radius 2 is 1.96 bits per heavy atom. The summed E-state index contributed by atoms with van der Waals surface area (Å²) in [6.07, 6.45) is 2.39. The molecular weight excluding hydrogens is 290 g/mol. The van der Waals surface area contributed by atoms with Crippen molar-refractivity contribution >= 4 is 22.5 Å². The van der Waals surface area contributed by atoms with E-state index in [0.717, 1.165) is 22.2 Å². The zero-order chi connectivity index (χ0) is 16.2. The number of anilines is 1. The predicted octanol–water partition coefficient (Wildman–Crippen LogP) is 2.69. The van der Waals surface area contributed by atoms with Crippen LogP contribution >= 0.6 is 0 Å². The maximum Gasteiger partial charge on any atom is 0.241 e. The van der Waals surface area contributed by atoms with Crippen LogP contribution in [-0.4, -0.2) is 24.0 Å². The number of rotatable bonds is 5. The van der Waals surface area contributed by atoms with Crippen molar-refractivity contribution in [2.75, 3.05) is 12.4 Å². The van der Waals surface area contributed by atoms with E-state index in [9.17, 15) is 4.79 Å². The molecule has 5 heteroatoms. The quantitative estimate of drug-likeness (QED) is 0.678. The van der Waals surface area contributed by atoms with Gasteiger partial charge in [-0.3, -0.25) is 4.79 Å². The Bertz CT molecular complexity index is 809. The van der Waals surface area contributed by atoms with Gasteiger partial charge in [0.2, 0.25) is 5.91 Å². The van der Waals surface area contributed by atoms with Gasteiger partial charge in [-0.25, -0.2) is 0 Å². The fourth-order valence-electron chi connectivity index (χ4n) is 2.54. The van der Waals surface area contributed by atoms with Crippen LogP contribution in [0.3, 0.4) is 0 Å². The van der Waals surface area contributed by atoms with Gasteiger partial charge < -0.3 is 20.8 Å². The first kappa shape index (κ1) is 15.1. The summed E-state index contributed by atoms with van der Waals surface area (Å²) in [5, 5.41) is 3.92. The number of H-pyrrole nitrogens is 1. The Morgan fingerprint density at radius 3 is 2.70 bits per heavy atom. The van der Waals surface area contributed by atoms with Crippen LogP contribution in [-0.2, 0) is 11.2 Å². The number of aromatic amines is 1.